The Labute approximate surface area is 180 Å². The van der Waals surface area contributed by atoms with Crippen molar-refractivity contribution in [2.75, 3.05) is 6.61 Å². The van der Waals surface area contributed by atoms with Crippen LogP contribution in [-0.2, 0) is 11.2 Å². The molecule has 0 spiro atoms. The minimum Gasteiger partial charge on any atom is -0.637 e. The first kappa shape index (κ1) is 18.0. The SMILES string of the molecule is Clc1ccc([B-]23OC[C@@H](c4ccccc4)[NH+]2Cc2c(ccc4ccccc24)O3)cc1. The summed E-state index contributed by atoms with van der Waals surface area (Å²) in [6, 6.07) is 31.5. The quantitative estimate of drug-likeness (QED) is 0.504. The molecule has 0 radical (unpaired) electrons. The molecule has 1 saturated heterocycles. The molecule has 0 amide bonds. The minimum atomic E-state index is -1.74. The Morgan fingerprint density at radius 2 is 1.60 bits per heavy atom. The predicted octanol–water partition coefficient (Wildman–Crippen LogP) is 3.89. The summed E-state index contributed by atoms with van der Waals surface area (Å²) in [5, 5.41) is 3.20. The van der Waals surface area contributed by atoms with Gasteiger partial charge in [0.2, 0.25) is 0 Å². The van der Waals surface area contributed by atoms with Crippen LogP contribution in [0.15, 0.2) is 91.0 Å². The lowest BCUT2D eigenvalue weighted by Gasteiger charge is -2.46. The second-order valence-electron chi connectivity index (χ2n) is 8.19. The number of benzene rings is 4. The van der Waals surface area contributed by atoms with E-state index >= 15 is 0 Å². The predicted molar refractivity (Wildman–Crippen MR) is 121 cm³/mol. The van der Waals surface area contributed by atoms with E-state index in [2.05, 4.69) is 66.7 Å². The summed E-state index contributed by atoms with van der Waals surface area (Å²) < 4.78 is 13.4. The molecule has 148 valence electrons. The first-order valence-electron chi connectivity index (χ1n) is 10.4. The van der Waals surface area contributed by atoms with E-state index in [1.807, 2.05) is 24.3 Å². The van der Waals surface area contributed by atoms with Crippen LogP contribution in [-0.4, -0.2) is 13.3 Å². The first-order chi connectivity index (χ1) is 14.7. The van der Waals surface area contributed by atoms with Gasteiger partial charge in [-0.1, -0.05) is 89.9 Å². The lowest BCUT2D eigenvalue weighted by molar-refractivity contribution is -0.846. The Kier molecular flexibility index (Phi) is 4.13. The van der Waals surface area contributed by atoms with E-state index in [-0.39, 0.29) is 6.04 Å². The van der Waals surface area contributed by atoms with Gasteiger partial charge in [-0.2, -0.15) is 0 Å². The monoisotopic (exact) mass is 413 g/mol. The topological polar surface area (TPSA) is 22.9 Å². The molecule has 0 aliphatic carbocycles. The minimum absolute atomic E-state index is 0.203. The number of halogens is 1. The average Bonchev–Trinajstić information content (AvgIpc) is 3.18. The van der Waals surface area contributed by atoms with Gasteiger partial charge in [0, 0.05) is 16.1 Å². The van der Waals surface area contributed by atoms with Gasteiger partial charge in [0.15, 0.2) is 0 Å². The van der Waals surface area contributed by atoms with E-state index in [4.69, 9.17) is 20.9 Å². The lowest BCUT2D eigenvalue weighted by Crippen LogP contribution is -3.24. The molecule has 0 bridgehead atoms. The Balaban J connectivity index is 1.54. The maximum Gasteiger partial charge on any atom is 0.555 e. The van der Waals surface area contributed by atoms with Crippen LogP contribution in [0, 0.1) is 0 Å². The number of hydrogen-bond donors (Lipinski definition) is 1. The zero-order valence-corrected chi connectivity index (χ0v) is 17.2. The van der Waals surface area contributed by atoms with Gasteiger partial charge in [-0.3, -0.25) is 0 Å². The van der Waals surface area contributed by atoms with Gasteiger partial charge in [-0.15, -0.1) is 0 Å². The Morgan fingerprint density at radius 1 is 0.833 bits per heavy atom. The van der Waals surface area contributed by atoms with Crippen LogP contribution in [0.3, 0.4) is 0 Å². The van der Waals surface area contributed by atoms with Crippen LogP contribution in [0.25, 0.3) is 10.8 Å². The van der Waals surface area contributed by atoms with E-state index in [1.165, 1.54) is 26.7 Å². The zero-order valence-electron chi connectivity index (χ0n) is 16.4. The molecule has 0 aromatic heterocycles. The van der Waals surface area contributed by atoms with E-state index in [0.29, 0.717) is 11.6 Å². The van der Waals surface area contributed by atoms with Crippen molar-refractivity contribution < 1.29 is 14.1 Å². The molecule has 2 aliphatic heterocycles. The summed E-state index contributed by atoms with van der Waals surface area (Å²) in [5.41, 5.74) is 3.57. The standard InChI is InChI=1S/C25H21BClNO2/c27-21-13-11-20(12-14-21)26-28(24(17-29-26)19-7-2-1-3-8-19)16-23-22-9-5-4-6-18(22)10-15-25(23)30-26/h1-15,24,28H,16-17H2/t24-,26?/m0/s1. The van der Waals surface area contributed by atoms with Crippen molar-refractivity contribution in [1.29, 1.82) is 0 Å². The van der Waals surface area contributed by atoms with Crippen LogP contribution in [0.1, 0.15) is 17.2 Å². The molecule has 2 aliphatic rings. The van der Waals surface area contributed by atoms with Gasteiger partial charge in [0.05, 0.1) is 24.9 Å². The van der Waals surface area contributed by atoms with Crippen LogP contribution >= 0.6 is 11.6 Å². The third kappa shape index (κ3) is 2.68. The van der Waals surface area contributed by atoms with Crippen molar-refractivity contribution >= 4 is 34.5 Å². The maximum atomic E-state index is 6.79. The third-order valence-corrected chi connectivity index (χ3v) is 6.87. The van der Waals surface area contributed by atoms with Crippen molar-refractivity contribution in [3.05, 3.63) is 107 Å². The second-order valence-corrected chi connectivity index (χ2v) is 8.63. The van der Waals surface area contributed by atoms with Gasteiger partial charge < -0.3 is 14.1 Å². The molecule has 2 unspecified atom stereocenters. The average molecular weight is 414 g/mol. The number of hydrogen-bond acceptors (Lipinski definition) is 2. The van der Waals surface area contributed by atoms with Gasteiger partial charge in [-0.25, -0.2) is 0 Å². The van der Waals surface area contributed by atoms with Crippen molar-refractivity contribution in [3.63, 3.8) is 0 Å². The largest absolute Gasteiger partial charge is 0.637 e. The highest BCUT2D eigenvalue weighted by molar-refractivity contribution is 6.74. The molecule has 5 heteroatoms. The summed E-state index contributed by atoms with van der Waals surface area (Å²) >= 11 is 6.18. The molecule has 4 aromatic carbocycles. The number of nitrogens with one attached hydrogen (secondary N) is 1. The van der Waals surface area contributed by atoms with Gasteiger partial charge >= 0.3 is 6.69 Å². The summed E-state index contributed by atoms with van der Waals surface area (Å²) in [6.07, 6.45) is 0. The molecule has 1 fully saturated rings. The normalized spacial score (nSPS) is 24.8. The summed E-state index contributed by atoms with van der Waals surface area (Å²) in [4.78, 5) is 1.31. The lowest BCUT2D eigenvalue weighted by atomic mass is 9.60. The molecule has 3 nitrogen and oxygen atoms in total. The molecule has 2 heterocycles. The van der Waals surface area contributed by atoms with Crippen LogP contribution < -0.4 is 14.9 Å². The fourth-order valence-corrected chi connectivity index (χ4v) is 5.29. The first-order valence-corrected chi connectivity index (χ1v) is 10.8. The molecular formula is C25H21BClNO2. The van der Waals surface area contributed by atoms with Crippen molar-refractivity contribution in [1.82, 2.24) is 0 Å². The molecule has 0 saturated carbocycles. The fraction of sp³-hybridized carbons (Fsp3) is 0.120. The highest BCUT2D eigenvalue weighted by Crippen LogP contribution is 2.34. The number of rotatable bonds is 2. The van der Waals surface area contributed by atoms with Gasteiger partial charge in [-0.05, 0) is 29.0 Å². The number of fused-ring (bicyclic) bond motifs is 4. The Bertz CT molecular complexity index is 1230. The molecule has 3 atom stereocenters. The summed E-state index contributed by atoms with van der Waals surface area (Å²) in [6.45, 7) is -0.272. The van der Waals surface area contributed by atoms with Crippen LogP contribution in [0.4, 0.5) is 0 Å². The van der Waals surface area contributed by atoms with E-state index < -0.39 is 6.69 Å². The molecule has 1 N–H and O–H groups in total. The van der Waals surface area contributed by atoms with Gasteiger partial charge in [0.1, 0.15) is 0 Å². The Morgan fingerprint density at radius 3 is 2.43 bits per heavy atom. The molecular weight excluding hydrogens is 393 g/mol. The number of quaternary nitrogens is 1. The fourth-order valence-electron chi connectivity index (χ4n) is 5.16. The van der Waals surface area contributed by atoms with E-state index in [1.54, 1.807) is 0 Å². The summed E-state index contributed by atoms with van der Waals surface area (Å²) in [5.74, 6) is 0.918. The van der Waals surface area contributed by atoms with Gasteiger partial charge in [0.25, 0.3) is 0 Å². The molecule has 30 heavy (non-hydrogen) atoms. The summed E-state index contributed by atoms with van der Waals surface area (Å²) in [7, 11) is 0. The van der Waals surface area contributed by atoms with E-state index in [0.717, 1.165) is 17.8 Å². The Hall–Kier alpha value is -2.79. The molecule has 4 aromatic rings. The van der Waals surface area contributed by atoms with Crippen molar-refractivity contribution in [2.24, 2.45) is 0 Å². The van der Waals surface area contributed by atoms with E-state index in [9.17, 15) is 0 Å². The van der Waals surface area contributed by atoms with Crippen molar-refractivity contribution in [3.8, 4) is 5.75 Å². The van der Waals surface area contributed by atoms with Crippen LogP contribution in [0.5, 0.6) is 5.75 Å². The zero-order chi connectivity index (χ0) is 20.1. The van der Waals surface area contributed by atoms with Crippen molar-refractivity contribution in [2.45, 2.75) is 12.6 Å². The molecule has 6 rings (SSSR count). The smallest absolute Gasteiger partial charge is 0.555 e. The highest BCUT2D eigenvalue weighted by Gasteiger charge is 2.56. The third-order valence-electron chi connectivity index (χ3n) is 6.62. The maximum absolute atomic E-state index is 6.79. The van der Waals surface area contributed by atoms with Crippen LogP contribution in [0.2, 0.25) is 5.02 Å². The highest BCUT2D eigenvalue weighted by atomic mass is 35.5. The second kappa shape index (κ2) is 6.88.